The van der Waals surface area contributed by atoms with Gasteiger partial charge in [0.05, 0.1) is 6.20 Å². The lowest BCUT2D eigenvalue weighted by Crippen LogP contribution is -2.29. The van der Waals surface area contributed by atoms with Crippen LogP contribution >= 0.6 is 11.8 Å². The minimum absolute atomic E-state index is 0.167. The highest BCUT2D eigenvalue weighted by atomic mass is 32.2. The van der Waals surface area contributed by atoms with Crippen molar-refractivity contribution < 1.29 is 4.39 Å². The second-order valence-electron chi connectivity index (χ2n) is 4.56. The Morgan fingerprint density at radius 3 is 3.12 bits per heavy atom. The Bertz CT molecular complexity index is 353. The van der Waals surface area contributed by atoms with Gasteiger partial charge in [-0.05, 0) is 37.1 Å². The Labute approximate surface area is 106 Å². The topological polar surface area (TPSA) is 24.9 Å². The van der Waals surface area contributed by atoms with Crippen LogP contribution in [0.3, 0.4) is 0 Å². The van der Waals surface area contributed by atoms with Gasteiger partial charge in [0.2, 0.25) is 0 Å². The third kappa shape index (κ3) is 3.96. The standard InChI is InChI=1S/C13H19FN2S/c1-10(11-6-12(14)8-15-7-11)16-9-13-4-2-3-5-17-13/h6-8,10,13,16H,2-5,9H2,1H3. The Morgan fingerprint density at radius 2 is 2.41 bits per heavy atom. The number of nitrogens with one attached hydrogen (secondary N) is 1. The van der Waals surface area contributed by atoms with Crippen molar-refractivity contribution in [1.82, 2.24) is 10.3 Å². The summed E-state index contributed by atoms with van der Waals surface area (Å²) in [5.74, 6) is 1.02. The van der Waals surface area contributed by atoms with Gasteiger partial charge in [-0.2, -0.15) is 11.8 Å². The molecule has 1 saturated heterocycles. The Balaban J connectivity index is 1.82. The summed E-state index contributed by atoms with van der Waals surface area (Å²) in [6.45, 7) is 3.06. The Kier molecular flexibility index (Phi) is 4.80. The number of halogens is 1. The van der Waals surface area contributed by atoms with Gasteiger partial charge < -0.3 is 5.32 Å². The van der Waals surface area contributed by atoms with Gasteiger partial charge in [-0.25, -0.2) is 4.39 Å². The van der Waals surface area contributed by atoms with Crippen molar-refractivity contribution in [2.24, 2.45) is 0 Å². The van der Waals surface area contributed by atoms with E-state index in [1.54, 1.807) is 12.3 Å². The highest BCUT2D eigenvalue weighted by Crippen LogP contribution is 2.25. The zero-order valence-electron chi connectivity index (χ0n) is 10.2. The quantitative estimate of drug-likeness (QED) is 0.893. The van der Waals surface area contributed by atoms with E-state index >= 15 is 0 Å². The van der Waals surface area contributed by atoms with Gasteiger partial charge in [0, 0.05) is 24.0 Å². The van der Waals surface area contributed by atoms with Crippen molar-refractivity contribution in [2.75, 3.05) is 12.3 Å². The molecule has 2 unspecified atom stereocenters. The van der Waals surface area contributed by atoms with Gasteiger partial charge in [-0.15, -0.1) is 0 Å². The van der Waals surface area contributed by atoms with Crippen LogP contribution in [0.5, 0.6) is 0 Å². The Hall–Kier alpha value is -0.610. The molecule has 1 aliphatic heterocycles. The molecule has 0 amide bonds. The van der Waals surface area contributed by atoms with Gasteiger partial charge in [-0.1, -0.05) is 6.42 Å². The van der Waals surface area contributed by atoms with Gasteiger partial charge in [0.15, 0.2) is 0 Å². The van der Waals surface area contributed by atoms with Gasteiger partial charge >= 0.3 is 0 Å². The first-order valence-corrected chi connectivity index (χ1v) is 7.26. The second-order valence-corrected chi connectivity index (χ2v) is 5.96. The molecule has 94 valence electrons. The number of thioether (sulfide) groups is 1. The molecule has 1 fully saturated rings. The van der Waals surface area contributed by atoms with E-state index in [0.29, 0.717) is 5.25 Å². The molecule has 17 heavy (non-hydrogen) atoms. The van der Waals surface area contributed by atoms with Crippen LogP contribution in [-0.4, -0.2) is 22.5 Å². The Morgan fingerprint density at radius 1 is 1.53 bits per heavy atom. The summed E-state index contributed by atoms with van der Waals surface area (Å²) in [7, 11) is 0. The van der Waals surface area contributed by atoms with Gasteiger partial charge in [0.1, 0.15) is 5.82 Å². The zero-order valence-corrected chi connectivity index (χ0v) is 11.0. The molecule has 2 rings (SSSR count). The van der Waals surface area contributed by atoms with E-state index < -0.39 is 0 Å². The summed E-state index contributed by atoms with van der Waals surface area (Å²) in [5.41, 5.74) is 0.922. The lowest BCUT2D eigenvalue weighted by atomic mass is 10.1. The van der Waals surface area contributed by atoms with E-state index in [1.807, 2.05) is 0 Å². The van der Waals surface area contributed by atoms with Crippen LogP contribution in [-0.2, 0) is 0 Å². The van der Waals surface area contributed by atoms with Crippen molar-refractivity contribution in [2.45, 2.75) is 37.5 Å². The number of rotatable bonds is 4. The van der Waals surface area contributed by atoms with Crippen molar-refractivity contribution in [1.29, 1.82) is 0 Å². The number of nitrogens with zero attached hydrogens (tertiary/aromatic N) is 1. The van der Waals surface area contributed by atoms with Gasteiger partial charge in [-0.3, -0.25) is 4.98 Å². The molecular formula is C13H19FN2S. The maximum atomic E-state index is 13.0. The fourth-order valence-electron chi connectivity index (χ4n) is 2.06. The number of pyridine rings is 1. The fourth-order valence-corrected chi connectivity index (χ4v) is 3.31. The molecule has 0 spiro atoms. The molecule has 1 aromatic heterocycles. The highest BCUT2D eigenvalue weighted by Gasteiger charge is 2.15. The molecule has 2 atom stereocenters. The minimum Gasteiger partial charge on any atom is -0.309 e. The molecule has 0 bridgehead atoms. The normalized spacial score (nSPS) is 22.4. The smallest absolute Gasteiger partial charge is 0.141 e. The van der Waals surface area contributed by atoms with E-state index in [1.165, 1.54) is 31.2 Å². The SMILES string of the molecule is CC(NCC1CCCCS1)c1cncc(F)c1. The molecule has 1 N–H and O–H groups in total. The van der Waals surface area contributed by atoms with E-state index in [9.17, 15) is 4.39 Å². The summed E-state index contributed by atoms with van der Waals surface area (Å²) in [5, 5.41) is 4.18. The lowest BCUT2D eigenvalue weighted by Gasteiger charge is -2.23. The number of hydrogen-bond acceptors (Lipinski definition) is 3. The molecule has 2 heterocycles. The van der Waals surface area contributed by atoms with Crippen LogP contribution in [0.15, 0.2) is 18.5 Å². The van der Waals surface area contributed by atoms with Crippen LogP contribution in [0.25, 0.3) is 0 Å². The molecule has 1 aliphatic rings. The molecule has 1 aromatic rings. The number of hydrogen-bond donors (Lipinski definition) is 1. The first kappa shape index (κ1) is 12.8. The van der Waals surface area contributed by atoms with Crippen molar-refractivity contribution in [3.63, 3.8) is 0 Å². The van der Waals surface area contributed by atoms with Crippen molar-refractivity contribution in [3.05, 3.63) is 29.8 Å². The van der Waals surface area contributed by atoms with Crippen molar-refractivity contribution >= 4 is 11.8 Å². The summed E-state index contributed by atoms with van der Waals surface area (Å²) in [6.07, 6.45) is 6.97. The van der Waals surface area contributed by atoms with Crippen LogP contribution in [0.2, 0.25) is 0 Å². The van der Waals surface area contributed by atoms with Crippen LogP contribution in [0.1, 0.15) is 37.8 Å². The third-order valence-corrected chi connectivity index (χ3v) is 4.55. The van der Waals surface area contributed by atoms with Gasteiger partial charge in [0.25, 0.3) is 0 Å². The van der Waals surface area contributed by atoms with Crippen molar-refractivity contribution in [3.8, 4) is 0 Å². The fraction of sp³-hybridized carbons (Fsp3) is 0.615. The monoisotopic (exact) mass is 254 g/mol. The highest BCUT2D eigenvalue weighted by molar-refractivity contribution is 7.99. The maximum absolute atomic E-state index is 13.0. The first-order valence-electron chi connectivity index (χ1n) is 6.21. The zero-order chi connectivity index (χ0) is 12.1. The predicted octanol–water partition coefficient (Wildman–Crippen LogP) is 3.16. The summed E-state index contributed by atoms with van der Waals surface area (Å²) in [6, 6.07) is 1.72. The molecule has 0 aliphatic carbocycles. The van der Waals surface area contributed by atoms with Crippen LogP contribution in [0, 0.1) is 5.82 Å². The average Bonchev–Trinajstić information content (AvgIpc) is 2.37. The van der Waals surface area contributed by atoms with E-state index in [0.717, 1.165) is 12.1 Å². The molecule has 0 aromatic carbocycles. The predicted molar refractivity (Wildman–Crippen MR) is 70.7 cm³/mol. The number of aromatic nitrogens is 1. The van der Waals surface area contributed by atoms with E-state index in [-0.39, 0.29) is 11.9 Å². The third-order valence-electron chi connectivity index (χ3n) is 3.15. The summed E-state index contributed by atoms with van der Waals surface area (Å²) >= 11 is 2.05. The van der Waals surface area contributed by atoms with Crippen LogP contribution < -0.4 is 5.32 Å². The molecule has 2 nitrogen and oxygen atoms in total. The van der Waals surface area contributed by atoms with E-state index in [2.05, 4.69) is 29.0 Å². The summed E-state index contributed by atoms with van der Waals surface area (Å²) in [4.78, 5) is 3.88. The maximum Gasteiger partial charge on any atom is 0.141 e. The minimum atomic E-state index is -0.261. The van der Waals surface area contributed by atoms with E-state index in [4.69, 9.17) is 0 Å². The molecule has 0 radical (unpaired) electrons. The average molecular weight is 254 g/mol. The largest absolute Gasteiger partial charge is 0.309 e. The summed E-state index contributed by atoms with van der Waals surface area (Å²) < 4.78 is 13.0. The molecular weight excluding hydrogens is 235 g/mol. The second kappa shape index (κ2) is 6.36. The molecule has 0 saturated carbocycles. The lowest BCUT2D eigenvalue weighted by molar-refractivity contribution is 0.532. The molecule has 4 heteroatoms. The van der Waals surface area contributed by atoms with Crippen LogP contribution in [0.4, 0.5) is 4.39 Å². The first-order chi connectivity index (χ1) is 8.25.